The topological polar surface area (TPSA) is 180 Å². The van der Waals surface area contributed by atoms with E-state index in [2.05, 4.69) is 16.2 Å². The largest absolute Gasteiger partial charge is 0.481 e. The van der Waals surface area contributed by atoms with E-state index in [4.69, 9.17) is 28.1 Å². The van der Waals surface area contributed by atoms with Gasteiger partial charge in [-0.15, -0.1) is 6.42 Å². The Hall–Kier alpha value is -3.06. The average molecular weight is 325 g/mol. The van der Waals surface area contributed by atoms with Crippen LogP contribution in [0.15, 0.2) is 17.1 Å². The number of rotatable bonds is 9. The van der Waals surface area contributed by atoms with Crippen LogP contribution in [-0.4, -0.2) is 59.2 Å². The van der Waals surface area contributed by atoms with Crippen molar-refractivity contribution in [2.45, 2.75) is 18.5 Å². The molecule has 0 aromatic carbocycles. The standard InChI is InChI=1S/C13H19N5O5/c1-2-5-16-13(15)17-6-3-4-8(14)11(21)18-9(12(22)23)7-10(19)20/h1,3-4,8-9H,5-7,14H2,(H,18,21)(H,19,20)(H,22,23)(H3,15,16,17)/t8-,9-/m0/s1. The van der Waals surface area contributed by atoms with Gasteiger partial charge in [-0.1, -0.05) is 18.1 Å². The number of carboxylic acids is 2. The third-order valence-corrected chi connectivity index (χ3v) is 2.38. The van der Waals surface area contributed by atoms with Crippen LogP contribution in [0.25, 0.3) is 0 Å². The number of amides is 1. The van der Waals surface area contributed by atoms with Crippen molar-refractivity contribution in [3.63, 3.8) is 0 Å². The monoisotopic (exact) mass is 325 g/mol. The van der Waals surface area contributed by atoms with Crippen LogP contribution in [0.5, 0.6) is 0 Å². The van der Waals surface area contributed by atoms with Crippen molar-refractivity contribution >= 4 is 23.8 Å². The number of nitrogens with two attached hydrogens (primary N) is 2. The number of hydrogen-bond donors (Lipinski definition) is 6. The normalized spacial score (nSPS) is 13.8. The molecule has 10 heteroatoms. The summed E-state index contributed by atoms with van der Waals surface area (Å²) in [5.41, 5.74) is 11.0. The number of terminal acetylenes is 1. The van der Waals surface area contributed by atoms with Crippen LogP contribution in [0.4, 0.5) is 0 Å². The molecule has 0 saturated heterocycles. The van der Waals surface area contributed by atoms with E-state index in [1.807, 2.05) is 5.32 Å². The van der Waals surface area contributed by atoms with Gasteiger partial charge in [0.2, 0.25) is 5.91 Å². The van der Waals surface area contributed by atoms with Crippen molar-refractivity contribution in [2.75, 3.05) is 13.1 Å². The summed E-state index contributed by atoms with van der Waals surface area (Å²) >= 11 is 0. The Labute approximate surface area is 132 Å². The van der Waals surface area contributed by atoms with Crippen LogP contribution in [-0.2, 0) is 14.4 Å². The van der Waals surface area contributed by atoms with E-state index in [0.29, 0.717) is 0 Å². The van der Waals surface area contributed by atoms with Crippen LogP contribution in [0.1, 0.15) is 6.42 Å². The number of carbonyl (C=O) groups is 3. The molecule has 0 aromatic rings. The van der Waals surface area contributed by atoms with Crippen molar-refractivity contribution in [3.05, 3.63) is 12.2 Å². The molecule has 2 atom stereocenters. The highest BCUT2D eigenvalue weighted by atomic mass is 16.4. The molecule has 126 valence electrons. The lowest BCUT2D eigenvalue weighted by molar-refractivity contribution is -0.147. The summed E-state index contributed by atoms with van der Waals surface area (Å²) in [4.78, 5) is 36.9. The predicted molar refractivity (Wildman–Crippen MR) is 82.3 cm³/mol. The number of carboxylic acid groups (broad SMARTS) is 2. The molecule has 0 fully saturated rings. The first-order chi connectivity index (χ1) is 10.8. The number of carbonyl (C=O) groups excluding carboxylic acids is 1. The SMILES string of the molecule is C#CCNC(N)=NCC=C[C@H](N)C(=O)N[C@@H](CC(=O)O)C(=O)O. The molecule has 0 aromatic heterocycles. The van der Waals surface area contributed by atoms with Crippen LogP contribution >= 0.6 is 0 Å². The fraction of sp³-hybridized carbons (Fsp3) is 0.385. The van der Waals surface area contributed by atoms with Gasteiger partial charge in [0.25, 0.3) is 0 Å². The maximum absolute atomic E-state index is 11.7. The lowest BCUT2D eigenvalue weighted by Crippen LogP contribution is -2.48. The van der Waals surface area contributed by atoms with Gasteiger partial charge >= 0.3 is 11.9 Å². The van der Waals surface area contributed by atoms with Gasteiger partial charge in [-0.05, 0) is 0 Å². The molecule has 0 heterocycles. The number of nitrogens with zero attached hydrogens (tertiary/aromatic N) is 1. The fourth-order valence-electron chi connectivity index (χ4n) is 1.29. The highest BCUT2D eigenvalue weighted by Gasteiger charge is 2.24. The minimum atomic E-state index is -1.55. The lowest BCUT2D eigenvalue weighted by Gasteiger charge is -2.14. The van der Waals surface area contributed by atoms with Crippen LogP contribution in [0, 0.1) is 12.3 Å². The Morgan fingerprint density at radius 1 is 1.35 bits per heavy atom. The van der Waals surface area contributed by atoms with Crippen LogP contribution in [0.2, 0.25) is 0 Å². The zero-order chi connectivity index (χ0) is 17.8. The molecule has 0 radical (unpaired) electrons. The van der Waals surface area contributed by atoms with E-state index in [1.54, 1.807) is 0 Å². The average Bonchev–Trinajstić information content (AvgIpc) is 2.47. The number of aliphatic imine (C=N–C) groups is 1. The molecule has 0 aliphatic heterocycles. The Morgan fingerprint density at radius 2 is 2.00 bits per heavy atom. The second-order valence-electron chi connectivity index (χ2n) is 4.23. The van der Waals surface area contributed by atoms with E-state index in [-0.39, 0.29) is 19.0 Å². The summed E-state index contributed by atoms with van der Waals surface area (Å²) in [5, 5.41) is 22.0. The van der Waals surface area contributed by atoms with E-state index in [9.17, 15) is 14.4 Å². The summed E-state index contributed by atoms with van der Waals surface area (Å²) < 4.78 is 0. The molecular formula is C13H19N5O5. The van der Waals surface area contributed by atoms with Crippen molar-refractivity contribution in [3.8, 4) is 12.3 Å². The zero-order valence-electron chi connectivity index (χ0n) is 12.2. The predicted octanol–water partition coefficient (Wildman–Crippen LogP) is -2.55. The molecular weight excluding hydrogens is 306 g/mol. The maximum Gasteiger partial charge on any atom is 0.326 e. The molecule has 0 unspecified atom stereocenters. The number of hydrogen-bond acceptors (Lipinski definition) is 5. The number of guanidine groups is 1. The van der Waals surface area contributed by atoms with Gasteiger partial charge in [-0.25, -0.2) is 9.79 Å². The fourth-order valence-corrected chi connectivity index (χ4v) is 1.29. The molecule has 0 saturated carbocycles. The highest BCUT2D eigenvalue weighted by Crippen LogP contribution is 1.95. The van der Waals surface area contributed by atoms with E-state index < -0.39 is 36.4 Å². The van der Waals surface area contributed by atoms with Crippen LogP contribution < -0.4 is 22.1 Å². The summed E-state index contributed by atoms with van der Waals surface area (Å²) in [6.07, 6.45) is 7.00. The Balaban J connectivity index is 4.43. The molecule has 0 aliphatic rings. The minimum Gasteiger partial charge on any atom is -0.481 e. The molecule has 10 nitrogen and oxygen atoms in total. The van der Waals surface area contributed by atoms with Crippen molar-refractivity contribution in [2.24, 2.45) is 16.5 Å². The number of aliphatic carboxylic acids is 2. The van der Waals surface area contributed by atoms with Gasteiger partial charge in [0, 0.05) is 0 Å². The lowest BCUT2D eigenvalue weighted by atomic mass is 10.2. The molecule has 23 heavy (non-hydrogen) atoms. The van der Waals surface area contributed by atoms with Crippen molar-refractivity contribution < 1.29 is 24.6 Å². The molecule has 0 spiro atoms. The van der Waals surface area contributed by atoms with Gasteiger partial charge in [-0.3, -0.25) is 9.59 Å². The summed E-state index contributed by atoms with van der Waals surface area (Å²) in [6.45, 7) is 0.350. The Morgan fingerprint density at radius 3 is 2.52 bits per heavy atom. The highest BCUT2D eigenvalue weighted by molar-refractivity contribution is 5.90. The molecule has 1 amide bonds. The first kappa shape index (κ1) is 19.9. The number of nitrogens with one attached hydrogen (secondary N) is 2. The van der Waals surface area contributed by atoms with Crippen LogP contribution in [0.3, 0.4) is 0 Å². The molecule has 0 rings (SSSR count). The molecule has 8 N–H and O–H groups in total. The van der Waals surface area contributed by atoms with Gasteiger partial charge in [0.05, 0.1) is 19.5 Å². The second kappa shape index (κ2) is 10.6. The van der Waals surface area contributed by atoms with Gasteiger partial charge in [0.15, 0.2) is 5.96 Å². The smallest absolute Gasteiger partial charge is 0.326 e. The van der Waals surface area contributed by atoms with Gasteiger partial charge < -0.3 is 32.3 Å². The van der Waals surface area contributed by atoms with Crippen molar-refractivity contribution in [1.82, 2.24) is 10.6 Å². The summed E-state index contributed by atoms with van der Waals surface area (Å²) in [6, 6.07) is -2.71. The first-order valence-corrected chi connectivity index (χ1v) is 6.42. The third kappa shape index (κ3) is 9.48. The maximum atomic E-state index is 11.7. The van der Waals surface area contributed by atoms with Crippen molar-refractivity contribution in [1.29, 1.82) is 0 Å². The summed E-state index contributed by atoms with van der Waals surface area (Å²) in [5.74, 6) is -1.21. The quantitative estimate of drug-likeness (QED) is 0.116. The minimum absolute atomic E-state index is 0.123. The Kier molecular flexibility index (Phi) is 9.22. The zero-order valence-corrected chi connectivity index (χ0v) is 12.2. The Bertz CT molecular complexity index is 537. The van der Waals surface area contributed by atoms with Gasteiger partial charge in [-0.2, -0.15) is 0 Å². The summed E-state index contributed by atoms with van der Waals surface area (Å²) in [7, 11) is 0. The van der Waals surface area contributed by atoms with E-state index in [1.165, 1.54) is 12.2 Å². The molecule has 0 aliphatic carbocycles. The first-order valence-electron chi connectivity index (χ1n) is 6.42. The second-order valence-corrected chi connectivity index (χ2v) is 4.23. The van der Waals surface area contributed by atoms with E-state index in [0.717, 1.165) is 0 Å². The third-order valence-electron chi connectivity index (χ3n) is 2.38. The van der Waals surface area contributed by atoms with E-state index >= 15 is 0 Å². The molecule has 0 bridgehead atoms. The van der Waals surface area contributed by atoms with Gasteiger partial charge in [0.1, 0.15) is 12.1 Å².